The summed E-state index contributed by atoms with van der Waals surface area (Å²) in [4.78, 5) is 12.9. The van der Waals surface area contributed by atoms with Crippen molar-refractivity contribution in [3.63, 3.8) is 0 Å². The molecular weight excluding hydrogens is 458 g/mol. The van der Waals surface area contributed by atoms with Crippen molar-refractivity contribution in [3.05, 3.63) is 75.6 Å². The molecule has 1 atom stereocenters. The van der Waals surface area contributed by atoms with E-state index in [1.54, 1.807) is 6.20 Å². The Morgan fingerprint density at radius 3 is 2.65 bits per heavy atom. The average Bonchev–Trinajstić information content (AvgIpc) is 3.29. The van der Waals surface area contributed by atoms with Crippen LogP contribution in [0.2, 0.25) is 0 Å². The van der Waals surface area contributed by atoms with Gasteiger partial charge in [0, 0.05) is 56.8 Å². The molecule has 1 unspecified atom stereocenters. The summed E-state index contributed by atoms with van der Waals surface area (Å²) in [7, 11) is 0. The van der Waals surface area contributed by atoms with Crippen molar-refractivity contribution in [1.29, 1.82) is 5.41 Å². The first-order chi connectivity index (χ1) is 17.8. The van der Waals surface area contributed by atoms with Gasteiger partial charge >= 0.3 is 0 Å². The van der Waals surface area contributed by atoms with Crippen LogP contribution in [0.15, 0.2) is 58.9 Å². The molecule has 37 heavy (non-hydrogen) atoms. The topological polar surface area (TPSA) is 115 Å². The summed E-state index contributed by atoms with van der Waals surface area (Å²) in [5.74, 6) is 0.772. The zero-order valence-corrected chi connectivity index (χ0v) is 23.0. The number of dihydropyridines is 1. The third kappa shape index (κ3) is 5.82. The van der Waals surface area contributed by atoms with Crippen molar-refractivity contribution in [3.8, 4) is 0 Å². The summed E-state index contributed by atoms with van der Waals surface area (Å²) in [6.07, 6.45) is 10.0. The molecule has 0 spiro atoms. The molecule has 1 aliphatic rings. The summed E-state index contributed by atoms with van der Waals surface area (Å²) in [5.41, 5.74) is 13.7. The lowest BCUT2D eigenvalue weighted by molar-refractivity contribution is 0.691. The van der Waals surface area contributed by atoms with Crippen LogP contribution in [-0.2, 0) is 0 Å². The van der Waals surface area contributed by atoms with Crippen LogP contribution in [0.25, 0.3) is 22.7 Å². The van der Waals surface area contributed by atoms with Gasteiger partial charge in [0.2, 0.25) is 0 Å². The molecule has 3 heterocycles. The molecule has 1 aliphatic heterocycles. The van der Waals surface area contributed by atoms with E-state index in [0.29, 0.717) is 5.69 Å². The predicted molar refractivity (Wildman–Crippen MR) is 160 cm³/mol. The van der Waals surface area contributed by atoms with Gasteiger partial charge in [0.05, 0.1) is 11.5 Å². The number of benzene rings is 1. The number of hydrogen-bond acceptors (Lipinski definition) is 6. The minimum Gasteiger partial charge on any atom is -0.398 e. The number of aromatic nitrogens is 2. The van der Waals surface area contributed by atoms with Crippen molar-refractivity contribution in [2.75, 3.05) is 11.1 Å². The number of nitrogen functional groups attached to an aromatic ring is 1. The standard InChI is InChI=1S/C28H33N7.C2H6/c1-6-16(2)25-24(34-23-12-11-22(30)21(14-29)26(23)25)15-32-19(5)20-8-7-13-31-28(20)35-27-17(3)9-10-18(4)33-27;1-2/h7-15,27,29,33-34H,6,30H2,1-5H3,(H,31,35);1-2H3/b24-15-,25-16-,29-14?,32-19?;. The molecule has 3 aromatic rings. The molecule has 0 aliphatic carbocycles. The van der Waals surface area contributed by atoms with Crippen LogP contribution in [-0.4, -0.2) is 28.1 Å². The highest BCUT2D eigenvalue weighted by Crippen LogP contribution is 2.20. The summed E-state index contributed by atoms with van der Waals surface area (Å²) in [6, 6.07) is 7.74. The van der Waals surface area contributed by atoms with E-state index in [9.17, 15) is 0 Å². The molecule has 0 saturated carbocycles. The van der Waals surface area contributed by atoms with E-state index in [0.717, 1.165) is 56.2 Å². The maximum atomic E-state index is 7.92. The van der Waals surface area contributed by atoms with E-state index in [1.807, 2.05) is 58.2 Å². The monoisotopic (exact) mass is 497 g/mol. The Morgan fingerprint density at radius 2 is 1.95 bits per heavy atom. The number of nitrogens with two attached hydrogens (primary N) is 1. The summed E-state index contributed by atoms with van der Waals surface area (Å²) >= 11 is 0. The fourth-order valence-corrected chi connectivity index (χ4v) is 4.30. The highest BCUT2D eigenvalue weighted by Gasteiger charge is 2.16. The van der Waals surface area contributed by atoms with Crippen LogP contribution in [0.1, 0.15) is 66.0 Å². The van der Waals surface area contributed by atoms with E-state index >= 15 is 0 Å². The summed E-state index contributed by atoms with van der Waals surface area (Å²) in [5, 5.41) is 17.8. The molecule has 6 N–H and O–H groups in total. The fraction of sp³-hybridized carbons (Fsp3) is 0.300. The molecule has 7 nitrogen and oxygen atoms in total. The number of allylic oxidation sites excluding steroid dienone is 3. The van der Waals surface area contributed by atoms with Gasteiger partial charge in [-0.05, 0) is 70.0 Å². The van der Waals surface area contributed by atoms with E-state index in [2.05, 4.69) is 53.5 Å². The highest BCUT2D eigenvalue weighted by molar-refractivity contribution is 6.05. The molecular formula is C30H39N7. The van der Waals surface area contributed by atoms with E-state index in [1.165, 1.54) is 17.4 Å². The van der Waals surface area contributed by atoms with Crippen LogP contribution in [0.3, 0.4) is 0 Å². The first-order valence-corrected chi connectivity index (χ1v) is 12.8. The first kappa shape index (κ1) is 27.5. The van der Waals surface area contributed by atoms with Gasteiger partial charge in [0.15, 0.2) is 0 Å². The van der Waals surface area contributed by atoms with Crippen molar-refractivity contribution in [2.24, 2.45) is 4.99 Å². The van der Waals surface area contributed by atoms with Crippen LogP contribution < -0.4 is 26.9 Å². The lowest BCUT2D eigenvalue weighted by Crippen LogP contribution is -2.38. The van der Waals surface area contributed by atoms with Gasteiger partial charge < -0.3 is 26.8 Å². The van der Waals surface area contributed by atoms with Gasteiger partial charge in [-0.1, -0.05) is 32.4 Å². The van der Waals surface area contributed by atoms with E-state index in [4.69, 9.17) is 16.1 Å². The summed E-state index contributed by atoms with van der Waals surface area (Å²) in [6.45, 7) is 14.4. The number of H-pyrrole nitrogens is 1. The van der Waals surface area contributed by atoms with Gasteiger partial charge in [-0.15, -0.1) is 0 Å². The van der Waals surface area contributed by atoms with Crippen LogP contribution >= 0.6 is 0 Å². The molecule has 0 radical (unpaired) electrons. The van der Waals surface area contributed by atoms with Gasteiger partial charge in [-0.2, -0.15) is 0 Å². The Kier molecular flexibility index (Phi) is 9.06. The van der Waals surface area contributed by atoms with Crippen molar-refractivity contribution in [1.82, 2.24) is 15.3 Å². The largest absolute Gasteiger partial charge is 0.398 e. The zero-order valence-electron chi connectivity index (χ0n) is 23.0. The summed E-state index contributed by atoms with van der Waals surface area (Å²) < 4.78 is 0. The Balaban J connectivity index is 0.00000186. The molecule has 4 rings (SSSR count). The number of fused-ring (bicyclic) bond motifs is 1. The number of aromatic amines is 1. The van der Waals surface area contributed by atoms with Crippen molar-refractivity contribution >= 4 is 46.1 Å². The van der Waals surface area contributed by atoms with E-state index in [-0.39, 0.29) is 6.17 Å². The number of anilines is 2. The number of nitrogens with zero attached hydrogens (tertiary/aromatic N) is 2. The van der Waals surface area contributed by atoms with E-state index < -0.39 is 0 Å². The predicted octanol–water partition coefficient (Wildman–Crippen LogP) is 5.19. The highest BCUT2D eigenvalue weighted by atomic mass is 15.2. The van der Waals surface area contributed by atoms with Gasteiger partial charge in [0.1, 0.15) is 12.0 Å². The minimum absolute atomic E-state index is 0.0301. The molecule has 0 fully saturated rings. The number of pyridine rings is 1. The maximum absolute atomic E-state index is 7.92. The Bertz CT molecular complexity index is 1500. The second-order valence-electron chi connectivity index (χ2n) is 8.91. The van der Waals surface area contributed by atoms with Crippen molar-refractivity contribution in [2.45, 2.75) is 61.1 Å². The van der Waals surface area contributed by atoms with Crippen molar-refractivity contribution < 1.29 is 0 Å². The smallest absolute Gasteiger partial charge is 0.136 e. The second-order valence-corrected chi connectivity index (χ2v) is 8.91. The number of nitrogens with one attached hydrogen (secondary N) is 4. The quantitative estimate of drug-likeness (QED) is 0.238. The number of aliphatic imine (C=N–C) groups is 1. The average molecular weight is 498 g/mol. The van der Waals surface area contributed by atoms with Gasteiger partial charge in [0.25, 0.3) is 0 Å². The second kappa shape index (κ2) is 12.2. The maximum Gasteiger partial charge on any atom is 0.136 e. The third-order valence-corrected chi connectivity index (χ3v) is 6.46. The first-order valence-electron chi connectivity index (χ1n) is 12.8. The van der Waals surface area contributed by atoms with Gasteiger partial charge in [-0.25, -0.2) is 4.98 Å². The lowest BCUT2D eigenvalue weighted by atomic mass is 10.0. The normalized spacial score (nSPS) is 16.8. The van der Waals surface area contributed by atoms with Crippen LogP contribution in [0.4, 0.5) is 11.5 Å². The Hall–Kier alpha value is -4.13. The van der Waals surface area contributed by atoms with Crippen LogP contribution in [0.5, 0.6) is 0 Å². The number of hydrogen-bond donors (Lipinski definition) is 5. The Labute approximate surface area is 219 Å². The molecule has 0 amide bonds. The molecule has 0 bridgehead atoms. The lowest BCUT2D eigenvalue weighted by Gasteiger charge is -2.26. The molecule has 7 heteroatoms. The number of rotatable bonds is 6. The van der Waals surface area contributed by atoms with Crippen LogP contribution in [0, 0.1) is 5.41 Å². The fourth-order valence-electron chi connectivity index (χ4n) is 4.30. The minimum atomic E-state index is -0.0301. The third-order valence-electron chi connectivity index (χ3n) is 6.46. The molecule has 1 aromatic carbocycles. The molecule has 2 aromatic heterocycles. The zero-order chi connectivity index (χ0) is 27.1. The SMILES string of the molecule is CC.CC/C(C)=c1/c(=C/N=C(C)c2cccnc2NC2NC(C)=CC=C2C)[nH]c2ccc(N)c(C=N)c12. The van der Waals surface area contributed by atoms with Gasteiger partial charge in [-0.3, -0.25) is 4.99 Å². The Morgan fingerprint density at radius 1 is 1.19 bits per heavy atom. The molecule has 0 saturated heterocycles. The molecule has 194 valence electrons.